The molecule has 1 spiro atoms. The molecule has 0 amide bonds. The van der Waals surface area contributed by atoms with Gasteiger partial charge in [-0.25, -0.2) is 0 Å². The lowest BCUT2D eigenvalue weighted by atomic mass is 9.73. The highest BCUT2D eigenvalue weighted by molar-refractivity contribution is 4.96. The van der Waals surface area contributed by atoms with Crippen LogP contribution in [0.25, 0.3) is 10.4 Å². The van der Waals surface area contributed by atoms with Gasteiger partial charge < -0.3 is 9.64 Å². The molecule has 0 aromatic carbocycles. The fourth-order valence-corrected chi connectivity index (χ4v) is 3.37. The molecule has 2 aliphatic rings. The van der Waals surface area contributed by atoms with Gasteiger partial charge in [0.05, 0.1) is 12.6 Å². The summed E-state index contributed by atoms with van der Waals surface area (Å²) in [6.07, 6.45) is 3.65. The van der Waals surface area contributed by atoms with Crippen molar-refractivity contribution in [1.29, 1.82) is 0 Å². The Balaban J connectivity index is 1.91. The molecule has 2 fully saturated rings. The van der Waals surface area contributed by atoms with Crippen LogP contribution in [0, 0.1) is 11.3 Å². The van der Waals surface area contributed by atoms with Crippen molar-refractivity contribution in [3.8, 4) is 0 Å². The average molecular weight is 252 g/mol. The molecule has 0 radical (unpaired) electrons. The van der Waals surface area contributed by atoms with Gasteiger partial charge >= 0.3 is 0 Å². The highest BCUT2D eigenvalue weighted by atomic mass is 16.5. The maximum atomic E-state index is 8.45. The first-order chi connectivity index (χ1) is 8.66. The fourth-order valence-electron chi connectivity index (χ4n) is 3.37. The minimum absolute atomic E-state index is 0.148. The number of likely N-dealkylation sites (tertiary alicyclic amines) is 1. The van der Waals surface area contributed by atoms with E-state index >= 15 is 0 Å². The molecule has 1 unspecified atom stereocenters. The second kappa shape index (κ2) is 5.91. The quantitative estimate of drug-likeness (QED) is 0.439. The largest absolute Gasteiger partial charge is 0.377 e. The lowest BCUT2D eigenvalue weighted by Crippen LogP contribution is -2.45. The van der Waals surface area contributed by atoms with Crippen LogP contribution in [0.5, 0.6) is 0 Å². The van der Waals surface area contributed by atoms with Crippen LogP contribution in [0.15, 0.2) is 5.11 Å². The van der Waals surface area contributed by atoms with Crippen LogP contribution in [-0.4, -0.2) is 43.8 Å². The molecule has 18 heavy (non-hydrogen) atoms. The van der Waals surface area contributed by atoms with Gasteiger partial charge in [0, 0.05) is 23.5 Å². The minimum atomic E-state index is 0.148. The SMILES string of the molecule is CC(C)CN1CCC2(CCOC2CN=[N+]=[N-])CC1. The van der Waals surface area contributed by atoms with E-state index in [-0.39, 0.29) is 11.5 Å². The molecule has 0 aromatic heterocycles. The first kappa shape index (κ1) is 13.7. The van der Waals surface area contributed by atoms with Crippen molar-refractivity contribution in [2.24, 2.45) is 16.4 Å². The van der Waals surface area contributed by atoms with Gasteiger partial charge in [-0.15, -0.1) is 0 Å². The average Bonchev–Trinajstić information content (AvgIpc) is 2.72. The summed E-state index contributed by atoms with van der Waals surface area (Å²) in [5.41, 5.74) is 8.73. The smallest absolute Gasteiger partial charge is 0.0689 e. The van der Waals surface area contributed by atoms with E-state index < -0.39 is 0 Å². The standard InChI is InChI=1S/C13H24N4O/c1-11(2)10-17-6-3-13(4-7-17)5-8-18-12(13)9-15-16-14/h11-12H,3-10H2,1-2H3. The molecule has 2 aliphatic heterocycles. The molecule has 0 saturated carbocycles. The maximum absolute atomic E-state index is 8.45. The van der Waals surface area contributed by atoms with Gasteiger partial charge in [-0.05, 0) is 43.8 Å². The van der Waals surface area contributed by atoms with E-state index in [4.69, 9.17) is 10.3 Å². The first-order valence-electron chi connectivity index (χ1n) is 7.01. The fraction of sp³-hybridized carbons (Fsp3) is 1.00. The summed E-state index contributed by atoms with van der Waals surface area (Å²) in [7, 11) is 0. The molecule has 5 heteroatoms. The van der Waals surface area contributed by atoms with Crippen LogP contribution < -0.4 is 0 Å². The molecule has 0 N–H and O–H groups in total. The normalized spacial score (nSPS) is 27.6. The zero-order chi connectivity index (χ0) is 13.0. The summed E-state index contributed by atoms with van der Waals surface area (Å²) in [4.78, 5) is 5.42. The van der Waals surface area contributed by atoms with E-state index in [9.17, 15) is 0 Å². The summed E-state index contributed by atoms with van der Waals surface area (Å²) >= 11 is 0. The predicted molar refractivity (Wildman–Crippen MR) is 71.3 cm³/mol. The van der Waals surface area contributed by atoms with Crippen molar-refractivity contribution in [3.05, 3.63) is 10.4 Å². The Hall–Kier alpha value is -0.770. The number of hydrogen-bond donors (Lipinski definition) is 0. The number of hydrogen-bond acceptors (Lipinski definition) is 3. The van der Waals surface area contributed by atoms with E-state index in [0.717, 1.165) is 32.0 Å². The molecule has 1 atom stereocenters. The number of azide groups is 1. The molecule has 5 nitrogen and oxygen atoms in total. The number of nitrogens with zero attached hydrogens (tertiary/aromatic N) is 4. The van der Waals surface area contributed by atoms with Crippen molar-refractivity contribution in [1.82, 2.24) is 4.90 Å². The van der Waals surface area contributed by atoms with Crippen LogP contribution in [-0.2, 0) is 4.74 Å². The molecule has 2 saturated heterocycles. The Bertz CT molecular complexity index is 317. The second-order valence-electron chi connectivity index (χ2n) is 6.08. The summed E-state index contributed by atoms with van der Waals surface area (Å²) in [5, 5.41) is 3.71. The Morgan fingerprint density at radius 1 is 1.39 bits per heavy atom. The van der Waals surface area contributed by atoms with Crippen LogP contribution in [0.4, 0.5) is 0 Å². The number of piperidine rings is 1. The van der Waals surface area contributed by atoms with Crippen molar-refractivity contribution in [2.45, 2.75) is 39.2 Å². The predicted octanol–water partition coefficient (Wildman–Crippen LogP) is 2.82. The molecular weight excluding hydrogens is 228 g/mol. The van der Waals surface area contributed by atoms with E-state index in [1.54, 1.807) is 0 Å². The Morgan fingerprint density at radius 2 is 2.11 bits per heavy atom. The second-order valence-corrected chi connectivity index (χ2v) is 6.08. The Morgan fingerprint density at radius 3 is 2.72 bits per heavy atom. The van der Waals surface area contributed by atoms with E-state index in [0.29, 0.717) is 6.54 Å². The molecule has 2 heterocycles. The van der Waals surface area contributed by atoms with Gasteiger partial charge in [0.1, 0.15) is 0 Å². The summed E-state index contributed by atoms with van der Waals surface area (Å²) < 4.78 is 5.78. The van der Waals surface area contributed by atoms with Gasteiger partial charge in [-0.1, -0.05) is 19.0 Å². The van der Waals surface area contributed by atoms with Crippen molar-refractivity contribution in [3.63, 3.8) is 0 Å². The van der Waals surface area contributed by atoms with Crippen molar-refractivity contribution >= 4 is 0 Å². The summed E-state index contributed by atoms with van der Waals surface area (Å²) in [5.74, 6) is 0.734. The van der Waals surface area contributed by atoms with Gasteiger partial charge in [-0.3, -0.25) is 0 Å². The molecule has 102 valence electrons. The lowest BCUT2D eigenvalue weighted by Gasteiger charge is -2.42. The molecule has 0 aliphatic carbocycles. The zero-order valence-corrected chi connectivity index (χ0v) is 11.5. The van der Waals surface area contributed by atoms with Crippen molar-refractivity contribution < 1.29 is 4.74 Å². The molecule has 0 bridgehead atoms. The maximum Gasteiger partial charge on any atom is 0.0689 e. The first-order valence-corrected chi connectivity index (χ1v) is 7.01. The lowest BCUT2D eigenvalue weighted by molar-refractivity contribution is 0.0124. The Kier molecular flexibility index (Phi) is 4.49. The highest BCUT2D eigenvalue weighted by Crippen LogP contribution is 2.44. The van der Waals surface area contributed by atoms with E-state index in [1.807, 2.05) is 0 Å². The third-order valence-electron chi connectivity index (χ3n) is 4.39. The van der Waals surface area contributed by atoms with E-state index in [1.165, 1.54) is 19.4 Å². The number of ether oxygens (including phenoxy) is 1. The minimum Gasteiger partial charge on any atom is -0.377 e. The Labute approximate surface area is 109 Å². The van der Waals surface area contributed by atoms with Crippen LogP contribution >= 0.6 is 0 Å². The van der Waals surface area contributed by atoms with Crippen LogP contribution in [0.1, 0.15) is 33.1 Å². The third-order valence-corrected chi connectivity index (χ3v) is 4.39. The summed E-state index contributed by atoms with van der Waals surface area (Å²) in [6, 6.07) is 0. The van der Waals surface area contributed by atoms with Gasteiger partial charge in [0.25, 0.3) is 0 Å². The molecular formula is C13H24N4O. The van der Waals surface area contributed by atoms with Crippen LogP contribution in [0.2, 0.25) is 0 Å². The van der Waals surface area contributed by atoms with Gasteiger partial charge in [-0.2, -0.15) is 0 Å². The topological polar surface area (TPSA) is 61.2 Å². The van der Waals surface area contributed by atoms with Crippen LogP contribution in [0.3, 0.4) is 0 Å². The monoisotopic (exact) mass is 252 g/mol. The number of rotatable bonds is 4. The summed E-state index contributed by atoms with van der Waals surface area (Å²) in [6.45, 7) is 9.39. The van der Waals surface area contributed by atoms with Crippen molar-refractivity contribution in [2.75, 3.05) is 32.8 Å². The highest BCUT2D eigenvalue weighted by Gasteiger charge is 2.45. The molecule has 0 aromatic rings. The third kappa shape index (κ3) is 2.97. The molecule has 2 rings (SSSR count). The van der Waals surface area contributed by atoms with Gasteiger partial charge in [0.2, 0.25) is 0 Å². The van der Waals surface area contributed by atoms with Gasteiger partial charge in [0.15, 0.2) is 0 Å². The van der Waals surface area contributed by atoms with E-state index in [2.05, 4.69) is 28.8 Å². The zero-order valence-electron chi connectivity index (χ0n) is 11.5.